The number of benzene rings is 1. The van der Waals surface area contributed by atoms with E-state index in [9.17, 15) is 4.79 Å². The minimum Gasteiger partial charge on any atom is -0.395 e. The number of aliphatic hydroxyl groups excluding tert-OH is 1. The molecule has 1 amide bonds. The largest absolute Gasteiger partial charge is 0.395 e. The first-order chi connectivity index (χ1) is 15.1. The van der Waals surface area contributed by atoms with Crippen LogP contribution >= 0.6 is 0 Å². The van der Waals surface area contributed by atoms with Gasteiger partial charge in [-0.1, -0.05) is 31.7 Å². The van der Waals surface area contributed by atoms with Gasteiger partial charge in [-0.3, -0.25) is 4.79 Å². The third-order valence-electron chi connectivity index (χ3n) is 7.14. The number of aromatic nitrogens is 1. The zero-order valence-electron chi connectivity index (χ0n) is 18.7. The standard InChI is InChI=1S/C25H36N4O2/c1-18-6-8-21-20(7-9-22(28-21)27-13-12-26-14-15-30)24(18)29-23(31)17-25-10-2-4-19(16-25)5-3-11-25/h6-9,19,26,30H,2-5,10-17H2,1H3,(H,27,28)(H,29,31). The van der Waals surface area contributed by atoms with Gasteiger partial charge in [-0.15, -0.1) is 0 Å². The maximum absolute atomic E-state index is 13.1. The molecule has 0 atom stereocenters. The van der Waals surface area contributed by atoms with Gasteiger partial charge >= 0.3 is 0 Å². The van der Waals surface area contributed by atoms with Gasteiger partial charge in [0.25, 0.3) is 0 Å². The molecule has 31 heavy (non-hydrogen) atoms. The molecule has 6 heteroatoms. The molecule has 4 rings (SSSR count). The maximum atomic E-state index is 13.1. The molecule has 0 unspecified atom stereocenters. The van der Waals surface area contributed by atoms with E-state index in [0.29, 0.717) is 13.0 Å². The van der Waals surface area contributed by atoms with Crippen molar-refractivity contribution in [1.82, 2.24) is 10.3 Å². The molecule has 0 spiro atoms. The highest BCUT2D eigenvalue weighted by molar-refractivity contribution is 6.02. The van der Waals surface area contributed by atoms with Gasteiger partial charge in [0.15, 0.2) is 0 Å². The fourth-order valence-corrected chi connectivity index (χ4v) is 5.66. The molecule has 4 N–H and O–H groups in total. The average molecular weight is 425 g/mol. The summed E-state index contributed by atoms with van der Waals surface area (Å²) in [5.74, 6) is 1.80. The van der Waals surface area contributed by atoms with E-state index >= 15 is 0 Å². The third-order valence-corrected chi connectivity index (χ3v) is 7.14. The molecule has 0 aliphatic heterocycles. The van der Waals surface area contributed by atoms with Crippen LogP contribution in [0.25, 0.3) is 10.9 Å². The summed E-state index contributed by atoms with van der Waals surface area (Å²) in [6.45, 7) is 4.28. The highest BCUT2D eigenvalue weighted by Gasteiger charge is 2.40. The van der Waals surface area contributed by atoms with Crippen LogP contribution in [0.15, 0.2) is 24.3 Å². The normalized spacial score (nSPS) is 23.0. The molecule has 1 aromatic carbocycles. The SMILES string of the molecule is Cc1ccc2nc(NCCNCCO)ccc2c1NC(=O)CC12CCCC(CCC1)C2. The Balaban J connectivity index is 1.44. The number of hydrogen-bond donors (Lipinski definition) is 4. The number of hydrogen-bond acceptors (Lipinski definition) is 5. The van der Waals surface area contributed by atoms with Gasteiger partial charge in [-0.05, 0) is 61.3 Å². The Labute approximate surface area is 185 Å². The summed E-state index contributed by atoms with van der Waals surface area (Å²) in [5.41, 5.74) is 3.07. The van der Waals surface area contributed by atoms with E-state index in [1.54, 1.807) is 0 Å². The number of carbonyl (C=O) groups excluding carboxylic acids is 1. The van der Waals surface area contributed by atoms with Crippen LogP contribution in [-0.4, -0.2) is 42.2 Å². The average Bonchev–Trinajstić information content (AvgIpc) is 2.75. The van der Waals surface area contributed by atoms with E-state index < -0.39 is 0 Å². The van der Waals surface area contributed by atoms with Crippen molar-refractivity contribution in [2.24, 2.45) is 11.3 Å². The minimum atomic E-state index is 0.143. The molecule has 168 valence electrons. The summed E-state index contributed by atoms with van der Waals surface area (Å²) in [5, 5.41) is 19.5. The number of nitrogens with zero attached hydrogens (tertiary/aromatic N) is 1. The molecule has 2 aliphatic rings. The molecule has 0 saturated heterocycles. The predicted octanol–water partition coefficient (Wildman–Crippen LogP) is 4.23. The lowest BCUT2D eigenvalue weighted by molar-refractivity contribution is -0.120. The second-order valence-electron chi connectivity index (χ2n) is 9.50. The maximum Gasteiger partial charge on any atom is 0.224 e. The Hall–Kier alpha value is -2.18. The molecule has 2 saturated carbocycles. The van der Waals surface area contributed by atoms with Crippen LogP contribution in [0.3, 0.4) is 0 Å². The van der Waals surface area contributed by atoms with Gasteiger partial charge in [0.1, 0.15) is 5.82 Å². The summed E-state index contributed by atoms with van der Waals surface area (Å²) in [6.07, 6.45) is 9.55. The Morgan fingerprint density at radius 3 is 2.71 bits per heavy atom. The number of amides is 1. The number of carbonyl (C=O) groups is 1. The van der Waals surface area contributed by atoms with Crippen molar-refractivity contribution in [3.05, 3.63) is 29.8 Å². The number of anilines is 2. The zero-order chi connectivity index (χ0) is 21.7. The summed E-state index contributed by atoms with van der Waals surface area (Å²) >= 11 is 0. The van der Waals surface area contributed by atoms with Crippen LogP contribution in [0.5, 0.6) is 0 Å². The summed E-state index contributed by atoms with van der Waals surface area (Å²) in [4.78, 5) is 17.8. The number of pyridine rings is 1. The van der Waals surface area contributed by atoms with Crippen molar-refractivity contribution in [3.63, 3.8) is 0 Å². The number of nitrogens with one attached hydrogen (secondary N) is 3. The smallest absolute Gasteiger partial charge is 0.224 e. The number of aliphatic hydroxyl groups is 1. The van der Waals surface area contributed by atoms with Crippen molar-refractivity contribution >= 4 is 28.3 Å². The van der Waals surface area contributed by atoms with Crippen molar-refractivity contribution in [3.8, 4) is 0 Å². The minimum absolute atomic E-state index is 0.143. The lowest BCUT2D eigenvalue weighted by atomic mass is 9.60. The highest BCUT2D eigenvalue weighted by Crippen LogP contribution is 2.51. The van der Waals surface area contributed by atoms with Crippen LogP contribution in [0.1, 0.15) is 56.9 Å². The quantitative estimate of drug-likeness (QED) is 0.453. The third kappa shape index (κ3) is 5.36. The molecule has 2 fully saturated rings. The molecule has 2 aromatic rings. The van der Waals surface area contributed by atoms with Crippen molar-refractivity contribution in [1.29, 1.82) is 0 Å². The van der Waals surface area contributed by atoms with Crippen LogP contribution in [0, 0.1) is 18.3 Å². The fourth-order valence-electron chi connectivity index (χ4n) is 5.66. The zero-order valence-corrected chi connectivity index (χ0v) is 18.7. The molecule has 2 bridgehead atoms. The van der Waals surface area contributed by atoms with E-state index in [4.69, 9.17) is 10.1 Å². The molecule has 6 nitrogen and oxygen atoms in total. The Morgan fingerprint density at radius 1 is 1.13 bits per heavy atom. The fraction of sp³-hybridized carbons (Fsp3) is 0.600. The molecular weight excluding hydrogens is 388 g/mol. The van der Waals surface area contributed by atoms with E-state index in [1.165, 1.54) is 44.9 Å². The van der Waals surface area contributed by atoms with E-state index in [2.05, 4.69) is 16.0 Å². The second-order valence-corrected chi connectivity index (χ2v) is 9.50. The first-order valence-corrected chi connectivity index (χ1v) is 11.8. The summed E-state index contributed by atoms with van der Waals surface area (Å²) in [6, 6.07) is 8.06. The Bertz CT molecular complexity index is 904. The van der Waals surface area contributed by atoms with Crippen LogP contribution in [-0.2, 0) is 4.79 Å². The van der Waals surface area contributed by atoms with Crippen molar-refractivity contribution in [2.45, 2.75) is 58.3 Å². The van der Waals surface area contributed by atoms with Crippen molar-refractivity contribution < 1.29 is 9.90 Å². The summed E-state index contributed by atoms with van der Waals surface area (Å²) < 4.78 is 0. The topological polar surface area (TPSA) is 86.3 Å². The number of rotatable bonds is 9. The molecule has 2 aliphatic carbocycles. The Kier molecular flexibility index (Phi) is 7.08. The van der Waals surface area contributed by atoms with Gasteiger partial charge in [0, 0.05) is 31.4 Å². The van der Waals surface area contributed by atoms with Crippen molar-refractivity contribution in [2.75, 3.05) is 36.9 Å². The second kappa shape index (κ2) is 9.96. The number of fused-ring (bicyclic) bond motifs is 3. The van der Waals surface area contributed by atoms with Gasteiger partial charge in [0.2, 0.25) is 5.91 Å². The van der Waals surface area contributed by atoms with Crippen LogP contribution < -0.4 is 16.0 Å². The predicted molar refractivity (Wildman–Crippen MR) is 126 cm³/mol. The Morgan fingerprint density at radius 2 is 1.94 bits per heavy atom. The molecule has 1 aromatic heterocycles. The molecule has 1 heterocycles. The van der Waals surface area contributed by atoms with Gasteiger partial charge in [-0.25, -0.2) is 4.98 Å². The van der Waals surface area contributed by atoms with Crippen LogP contribution in [0.2, 0.25) is 0 Å². The van der Waals surface area contributed by atoms with E-state index in [1.807, 2.05) is 31.2 Å². The van der Waals surface area contributed by atoms with Gasteiger partial charge < -0.3 is 21.1 Å². The summed E-state index contributed by atoms with van der Waals surface area (Å²) in [7, 11) is 0. The van der Waals surface area contributed by atoms with E-state index in [0.717, 1.165) is 47.0 Å². The molecule has 0 radical (unpaired) electrons. The van der Waals surface area contributed by atoms with Gasteiger partial charge in [0.05, 0.1) is 17.8 Å². The lowest BCUT2D eigenvalue weighted by Crippen LogP contribution is -2.36. The van der Waals surface area contributed by atoms with E-state index in [-0.39, 0.29) is 17.9 Å². The first kappa shape index (κ1) is 22.0. The molecular formula is C25H36N4O2. The highest BCUT2D eigenvalue weighted by atomic mass is 16.3. The monoisotopic (exact) mass is 424 g/mol. The van der Waals surface area contributed by atoms with Gasteiger partial charge in [-0.2, -0.15) is 0 Å². The number of aryl methyl sites for hydroxylation is 1. The first-order valence-electron chi connectivity index (χ1n) is 11.8. The lowest BCUT2D eigenvalue weighted by Gasteiger charge is -2.45. The van der Waals surface area contributed by atoms with Crippen LogP contribution in [0.4, 0.5) is 11.5 Å².